The summed E-state index contributed by atoms with van der Waals surface area (Å²) in [6, 6.07) is 4.98. The van der Waals surface area contributed by atoms with E-state index in [-0.39, 0.29) is 12.1 Å². The molecule has 24 heavy (non-hydrogen) atoms. The second-order valence-corrected chi connectivity index (χ2v) is 7.06. The van der Waals surface area contributed by atoms with E-state index >= 15 is 0 Å². The van der Waals surface area contributed by atoms with Crippen LogP contribution in [-0.2, 0) is 11.8 Å². The topological polar surface area (TPSA) is 43.7 Å². The average molecular weight is 343 g/mol. The Hall–Kier alpha value is -1.11. The summed E-state index contributed by atoms with van der Waals surface area (Å²) in [6.07, 6.45) is 0.244. The monoisotopic (exact) mass is 343 g/mol. The molecule has 3 rings (SSSR count). The Morgan fingerprint density at radius 1 is 1.00 bits per heavy atom. The van der Waals surface area contributed by atoms with Crippen LogP contribution in [0.25, 0.3) is 0 Å². The van der Waals surface area contributed by atoms with Gasteiger partial charge in [-0.2, -0.15) is 13.2 Å². The summed E-state index contributed by atoms with van der Waals surface area (Å²) in [5, 5.41) is 21.0. The molecule has 0 spiro atoms. The maximum absolute atomic E-state index is 12.7. The summed E-state index contributed by atoms with van der Waals surface area (Å²) in [7, 11) is 0. The van der Waals surface area contributed by atoms with E-state index in [9.17, 15) is 23.4 Å². The van der Waals surface area contributed by atoms with Gasteiger partial charge in [0.25, 0.3) is 0 Å². The molecule has 2 atom stereocenters. The molecule has 0 unspecified atom stereocenters. The number of aliphatic hydroxyl groups excluding tert-OH is 1. The molecule has 1 heterocycles. The fourth-order valence-electron chi connectivity index (χ4n) is 4.00. The number of nitrogens with zero attached hydrogens (tertiary/aromatic N) is 1. The first kappa shape index (κ1) is 17.7. The zero-order valence-electron chi connectivity index (χ0n) is 13.6. The summed E-state index contributed by atoms with van der Waals surface area (Å²) in [6.45, 7) is 1.30. The van der Waals surface area contributed by atoms with Gasteiger partial charge in [-0.05, 0) is 43.4 Å². The normalized spacial score (nSPS) is 28.7. The van der Waals surface area contributed by atoms with Crippen molar-refractivity contribution in [2.75, 3.05) is 13.1 Å². The second kappa shape index (κ2) is 6.65. The van der Waals surface area contributed by atoms with E-state index in [1.807, 2.05) is 0 Å². The maximum Gasteiger partial charge on any atom is 0.416 e. The largest absolute Gasteiger partial charge is 0.416 e. The van der Waals surface area contributed by atoms with Gasteiger partial charge in [0, 0.05) is 19.1 Å². The maximum atomic E-state index is 12.7. The summed E-state index contributed by atoms with van der Waals surface area (Å²) < 4.78 is 38.0. The Morgan fingerprint density at radius 2 is 1.58 bits per heavy atom. The first-order valence-electron chi connectivity index (χ1n) is 8.62. The Balaban J connectivity index is 1.66. The third kappa shape index (κ3) is 3.60. The van der Waals surface area contributed by atoms with Crippen molar-refractivity contribution in [2.45, 2.75) is 62.4 Å². The lowest BCUT2D eigenvalue weighted by molar-refractivity contribution is -0.137. The third-order valence-electron chi connectivity index (χ3n) is 5.54. The van der Waals surface area contributed by atoms with Crippen molar-refractivity contribution in [3.05, 3.63) is 35.4 Å². The van der Waals surface area contributed by atoms with Crippen molar-refractivity contribution in [1.29, 1.82) is 0 Å². The molecule has 0 amide bonds. The Kier molecular flexibility index (Phi) is 4.91. The number of hydrogen-bond donors (Lipinski definition) is 2. The summed E-state index contributed by atoms with van der Waals surface area (Å²) in [4.78, 5) is 2.22. The zero-order chi connectivity index (χ0) is 17.4. The van der Waals surface area contributed by atoms with Gasteiger partial charge in [0.15, 0.2) is 0 Å². The van der Waals surface area contributed by atoms with Crippen LogP contribution in [0, 0.1) is 0 Å². The van der Waals surface area contributed by atoms with Crippen molar-refractivity contribution < 1.29 is 23.4 Å². The van der Waals surface area contributed by atoms with E-state index in [0.717, 1.165) is 37.8 Å². The molecule has 1 aromatic rings. The highest BCUT2D eigenvalue weighted by molar-refractivity contribution is 5.29. The minimum Gasteiger partial charge on any atom is -0.391 e. The van der Waals surface area contributed by atoms with E-state index in [0.29, 0.717) is 31.5 Å². The van der Waals surface area contributed by atoms with Gasteiger partial charge < -0.3 is 10.2 Å². The minimum atomic E-state index is -4.36. The van der Waals surface area contributed by atoms with Crippen molar-refractivity contribution in [3.8, 4) is 0 Å². The van der Waals surface area contributed by atoms with E-state index in [4.69, 9.17) is 0 Å². The SMILES string of the molecule is O[C@H]1CCCC[C@H]1N1CCC(O)(c2ccc(C(F)(F)F)cc2)CC1. The fraction of sp³-hybridized carbons (Fsp3) is 0.667. The van der Waals surface area contributed by atoms with Gasteiger partial charge in [0.2, 0.25) is 0 Å². The highest BCUT2D eigenvalue weighted by Crippen LogP contribution is 2.37. The standard InChI is InChI=1S/C18H24F3NO2/c19-18(20,21)14-7-5-13(6-8-14)17(24)9-11-22(12-10-17)15-3-1-2-4-16(15)23/h5-8,15-16,23-24H,1-4,9-12H2/t15-,16+/m1/s1. The van der Waals surface area contributed by atoms with Gasteiger partial charge in [-0.3, -0.25) is 4.90 Å². The second-order valence-electron chi connectivity index (χ2n) is 7.06. The van der Waals surface area contributed by atoms with Crippen LogP contribution >= 0.6 is 0 Å². The number of piperidine rings is 1. The van der Waals surface area contributed by atoms with Crippen molar-refractivity contribution in [1.82, 2.24) is 4.90 Å². The smallest absolute Gasteiger partial charge is 0.391 e. The highest BCUT2D eigenvalue weighted by atomic mass is 19.4. The molecule has 6 heteroatoms. The molecule has 2 fully saturated rings. The molecule has 1 saturated carbocycles. The van der Waals surface area contributed by atoms with Crippen LogP contribution in [-0.4, -0.2) is 40.3 Å². The lowest BCUT2D eigenvalue weighted by Gasteiger charge is -2.44. The van der Waals surface area contributed by atoms with E-state index in [2.05, 4.69) is 4.90 Å². The van der Waals surface area contributed by atoms with E-state index in [1.165, 1.54) is 12.1 Å². The fourth-order valence-corrected chi connectivity index (χ4v) is 4.00. The zero-order valence-corrected chi connectivity index (χ0v) is 13.6. The number of hydrogen-bond acceptors (Lipinski definition) is 3. The van der Waals surface area contributed by atoms with Crippen LogP contribution in [0.2, 0.25) is 0 Å². The molecule has 134 valence electrons. The number of rotatable bonds is 2. The van der Waals surface area contributed by atoms with Crippen LogP contribution in [0.4, 0.5) is 13.2 Å². The first-order chi connectivity index (χ1) is 11.3. The number of aliphatic hydroxyl groups is 2. The number of benzene rings is 1. The van der Waals surface area contributed by atoms with E-state index < -0.39 is 17.3 Å². The average Bonchev–Trinajstić information content (AvgIpc) is 2.56. The molecule has 2 aliphatic rings. The Bertz CT molecular complexity index is 550. The Morgan fingerprint density at radius 3 is 2.12 bits per heavy atom. The predicted octanol–water partition coefficient (Wildman–Crippen LogP) is 3.29. The summed E-state index contributed by atoms with van der Waals surface area (Å²) in [5.41, 5.74) is -1.24. The van der Waals surface area contributed by atoms with Crippen LogP contribution in [0.3, 0.4) is 0 Å². The third-order valence-corrected chi connectivity index (χ3v) is 5.54. The van der Waals surface area contributed by atoms with Gasteiger partial charge in [-0.15, -0.1) is 0 Å². The molecule has 1 aliphatic heterocycles. The van der Waals surface area contributed by atoms with Gasteiger partial charge in [0.05, 0.1) is 17.3 Å². The number of halogens is 3. The molecule has 1 aliphatic carbocycles. The van der Waals surface area contributed by atoms with E-state index in [1.54, 1.807) is 0 Å². The molecular formula is C18H24F3NO2. The van der Waals surface area contributed by atoms with Crippen LogP contribution in [0.5, 0.6) is 0 Å². The molecular weight excluding hydrogens is 319 g/mol. The molecule has 3 nitrogen and oxygen atoms in total. The van der Waals surface area contributed by atoms with Crippen molar-refractivity contribution in [2.24, 2.45) is 0 Å². The molecule has 0 aromatic heterocycles. The lowest BCUT2D eigenvalue weighted by atomic mass is 9.82. The number of alkyl halides is 3. The summed E-state index contributed by atoms with van der Waals surface area (Å²) in [5.74, 6) is 0. The predicted molar refractivity (Wildman–Crippen MR) is 84.4 cm³/mol. The van der Waals surface area contributed by atoms with Crippen LogP contribution < -0.4 is 0 Å². The first-order valence-corrected chi connectivity index (χ1v) is 8.62. The van der Waals surface area contributed by atoms with Crippen molar-refractivity contribution >= 4 is 0 Å². The lowest BCUT2D eigenvalue weighted by Crippen LogP contribution is -2.51. The molecule has 0 bridgehead atoms. The molecule has 1 aromatic carbocycles. The van der Waals surface area contributed by atoms with Gasteiger partial charge >= 0.3 is 6.18 Å². The minimum absolute atomic E-state index is 0.149. The highest BCUT2D eigenvalue weighted by Gasteiger charge is 2.39. The van der Waals surface area contributed by atoms with Crippen LogP contribution in [0.1, 0.15) is 49.7 Å². The van der Waals surface area contributed by atoms with Crippen LogP contribution in [0.15, 0.2) is 24.3 Å². The number of likely N-dealkylation sites (tertiary alicyclic amines) is 1. The summed E-state index contributed by atoms with van der Waals surface area (Å²) >= 11 is 0. The quantitative estimate of drug-likeness (QED) is 0.866. The molecule has 1 saturated heterocycles. The Labute approximate surface area is 140 Å². The van der Waals surface area contributed by atoms with Gasteiger partial charge in [-0.1, -0.05) is 25.0 Å². The van der Waals surface area contributed by atoms with Gasteiger partial charge in [-0.25, -0.2) is 0 Å². The van der Waals surface area contributed by atoms with Gasteiger partial charge in [0.1, 0.15) is 0 Å². The molecule has 0 radical (unpaired) electrons. The van der Waals surface area contributed by atoms with Crippen molar-refractivity contribution in [3.63, 3.8) is 0 Å². The molecule has 2 N–H and O–H groups in total.